The summed E-state index contributed by atoms with van der Waals surface area (Å²) in [5, 5.41) is 9.36. The van der Waals surface area contributed by atoms with E-state index in [0.29, 0.717) is 17.8 Å². The third kappa shape index (κ3) is 10.7. The molecule has 0 heterocycles. The van der Waals surface area contributed by atoms with E-state index in [1.165, 1.54) is 0 Å². The molecule has 0 radical (unpaired) electrons. The third-order valence-corrected chi connectivity index (χ3v) is 3.24. The van der Waals surface area contributed by atoms with Gasteiger partial charge in [-0.25, -0.2) is 0 Å². The van der Waals surface area contributed by atoms with Crippen molar-refractivity contribution in [1.82, 2.24) is 0 Å². The Labute approximate surface area is 118 Å². The lowest BCUT2D eigenvalue weighted by molar-refractivity contribution is -0.110. The maximum atomic E-state index is 11.3. The van der Waals surface area contributed by atoms with Gasteiger partial charge in [-0.15, -0.1) is 0 Å². The van der Waals surface area contributed by atoms with Crippen molar-refractivity contribution in [3.63, 3.8) is 0 Å². The highest BCUT2D eigenvalue weighted by atomic mass is 16.3. The van der Waals surface area contributed by atoms with E-state index >= 15 is 0 Å². The molecule has 0 aliphatic heterocycles. The lowest BCUT2D eigenvalue weighted by Gasteiger charge is -2.20. The normalized spacial score (nSPS) is 18.6. The van der Waals surface area contributed by atoms with Crippen LogP contribution in [0.2, 0.25) is 0 Å². The summed E-state index contributed by atoms with van der Waals surface area (Å²) >= 11 is 0. The fourth-order valence-corrected chi connectivity index (χ4v) is 2.65. The monoisotopic (exact) mass is 266 g/mol. The number of hydrogen-bond acceptors (Lipinski definition) is 2. The van der Waals surface area contributed by atoms with E-state index in [1.807, 2.05) is 19.9 Å². The van der Waals surface area contributed by atoms with Crippen LogP contribution in [0.4, 0.5) is 0 Å². The maximum absolute atomic E-state index is 11.3. The molecule has 2 heteroatoms. The second-order valence-corrected chi connectivity index (χ2v) is 6.01. The van der Waals surface area contributed by atoms with Gasteiger partial charge in [0.25, 0.3) is 0 Å². The van der Waals surface area contributed by atoms with E-state index in [1.54, 1.807) is 18.2 Å². The van der Waals surface area contributed by atoms with Crippen LogP contribution in [0.25, 0.3) is 0 Å². The van der Waals surface area contributed by atoms with Gasteiger partial charge in [-0.1, -0.05) is 32.9 Å². The first-order valence-electron chi connectivity index (χ1n) is 7.38. The summed E-state index contributed by atoms with van der Waals surface area (Å²) in [6.45, 7) is 10.3. The fourth-order valence-electron chi connectivity index (χ4n) is 2.65. The Kier molecular flexibility index (Phi) is 9.50. The number of carbonyl (C=O) groups excluding carboxylic acids is 1. The summed E-state index contributed by atoms with van der Waals surface area (Å²) in [4.78, 5) is 11.3. The predicted molar refractivity (Wildman–Crippen MR) is 82.0 cm³/mol. The Balaban J connectivity index is 4.04. The van der Waals surface area contributed by atoms with Gasteiger partial charge in [0, 0.05) is 0 Å². The molecule has 0 saturated heterocycles. The molecule has 1 N–H and O–H groups in total. The minimum atomic E-state index is -0.210. The van der Waals surface area contributed by atoms with Crippen LogP contribution in [0, 0.1) is 17.8 Å². The largest absolute Gasteiger partial charge is 0.393 e. The second kappa shape index (κ2) is 9.96. The number of carbonyl (C=O) groups is 1. The van der Waals surface area contributed by atoms with Crippen LogP contribution in [-0.4, -0.2) is 17.0 Å². The smallest absolute Gasteiger partial charge is 0.177 e. The van der Waals surface area contributed by atoms with Crippen LogP contribution in [0.3, 0.4) is 0 Å². The molecule has 0 spiro atoms. The molecule has 0 aliphatic carbocycles. The average molecular weight is 266 g/mol. The van der Waals surface area contributed by atoms with E-state index in [-0.39, 0.29) is 11.9 Å². The highest BCUT2D eigenvalue weighted by Crippen LogP contribution is 2.23. The molecule has 0 aliphatic rings. The van der Waals surface area contributed by atoms with Crippen LogP contribution in [0.5, 0.6) is 0 Å². The summed E-state index contributed by atoms with van der Waals surface area (Å²) < 4.78 is 0. The molecular weight excluding hydrogens is 236 g/mol. The van der Waals surface area contributed by atoms with Crippen LogP contribution in [0.15, 0.2) is 24.3 Å². The van der Waals surface area contributed by atoms with Gasteiger partial charge in [0.2, 0.25) is 0 Å². The van der Waals surface area contributed by atoms with Crippen LogP contribution in [-0.2, 0) is 4.79 Å². The van der Waals surface area contributed by atoms with E-state index in [2.05, 4.69) is 20.8 Å². The van der Waals surface area contributed by atoms with Crippen LogP contribution in [0.1, 0.15) is 53.9 Å². The molecule has 0 rings (SSSR count). The molecule has 4 atom stereocenters. The topological polar surface area (TPSA) is 37.3 Å². The number of aliphatic hydroxyl groups is 1. The van der Waals surface area contributed by atoms with Gasteiger partial charge in [0.1, 0.15) is 0 Å². The highest BCUT2D eigenvalue weighted by Gasteiger charge is 2.13. The van der Waals surface area contributed by atoms with Gasteiger partial charge in [-0.3, -0.25) is 4.79 Å². The number of allylic oxidation sites excluding steroid dienone is 4. The van der Waals surface area contributed by atoms with E-state index < -0.39 is 0 Å². The number of aliphatic hydroxyl groups excluding tert-OH is 1. The summed E-state index contributed by atoms with van der Waals surface area (Å²) in [7, 11) is 0. The van der Waals surface area contributed by atoms with Crippen molar-refractivity contribution in [2.45, 2.75) is 60.0 Å². The zero-order valence-electron chi connectivity index (χ0n) is 13.1. The number of hydrogen-bond donors (Lipinski definition) is 1. The first kappa shape index (κ1) is 18.1. The second-order valence-electron chi connectivity index (χ2n) is 6.01. The Bertz CT molecular complexity index is 302. The quantitative estimate of drug-likeness (QED) is 0.637. The summed E-state index contributed by atoms with van der Waals surface area (Å²) in [5.41, 5.74) is 0. The van der Waals surface area contributed by atoms with Crippen molar-refractivity contribution in [3.8, 4) is 0 Å². The highest BCUT2D eigenvalue weighted by molar-refractivity contribution is 5.99. The first-order chi connectivity index (χ1) is 8.85. The number of ketones is 1. The zero-order chi connectivity index (χ0) is 14.8. The summed E-state index contributed by atoms with van der Waals surface area (Å²) in [6.07, 6.45) is 9.88. The lowest BCUT2D eigenvalue weighted by Crippen LogP contribution is -2.12. The Morgan fingerprint density at radius 2 is 1.58 bits per heavy atom. The Morgan fingerprint density at radius 1 is 1.00 bits per heavy atom. The Hall–Kier alpha value is -0.890. The first-order valence-corrected chi connectivity index (χ1v) is 7.38. The van der Waals surface area contributed by atoms with Crippen molar-refractivity contribution in [1.29, 1.82) is 0 Å². The molecule has 0 aromatic heterocycles. The summed E-state index contributed by atoms with van der Waals surface area (Å²) in [5.74, 6) is 1.65. The van der Waals surface area contributed by atoms with Crippen molar-refractivity contribution >= 4 is 5.78 Å². The standard InChI is InChI=1S/C17H30O2/c1-6-7-17(19)9-8-13(2)10-14(3)11-15(4)12-16(5)18/h6-9,13-16,18H,10-12H2,1-5H3/b7-6-,9-8-/t13?,14-,15?,16?/m1/s1. The lowest BCUT2D eigenvalue weighted by atomic mass is 9.87. The van der Waals surface area contributed by atoms with Gasteiger partial charge in [0.05, 0.1) is 6.10 Å². The zero-order valence-corrected chi connectivity index (χ0v) is 13.1. The molecule has 0 aromatic carbocycles. The third-order valence-electron chi connectivity index (χ3n) is 3.24. The molecule has 0 aromatic rings. The minimum Gasteiger partial charge on any atom is -0.393 e. The van der Waals surface area contributed by atoms with E-state index in [0.717, 1.165) is 19.3 Å². The van der Waals surface area contributed by atoms with Crippen molar-refractivity contribution < 1.29 is 9.90 Å². The van der Waals surface area contributed by atoms with Gasteiger partial charge in [-0.2, -0.15) is 0 Å². The molecule has 0 fully saturated rings. The average Bonchev–Trinajstić information content (AvgIpc) is 2.25. The van der Waals surface area contributed by atoms with Gasteiger partial charge < -0.3 is 5.11 Å². The van der Waals surface area contributed by atoms with Crippen LogP contribution < -0.4 is 0 Å². The SMILES string of the molecule is C/C=C\C(=O)/C=C\C(C)C[C@@H](C)CC(C)CC(C)O. The predicted octanol–water partition coefficient (Wildman–Crippen LogP) is 4.15. The van der Waals surface area contributed by atoms with Gasteiger partial charge >= 0.3 is 0 Å². The van der Waals surface area contributed by atoms with Crippen molar-refractivity contribution in [2.24, 2.45) is 17.8 Å². The minimum absolute atomic E-state index is 0.0597. The molecule has 0 bridgehead atoms. The molecule has 110 valence electrons. The maximum Gasteiger partial charge on any atom is 0.177 e. The van der Waals surface area contributed by atoms with Crippen molar-refractivity contribution in [2.75, 3.05) is 0 Å². The van der Waals surface area contributed by atoms with E-state index in [9.17, 15) is 9.90 Å². The fraction of sp³-hybridized carbons (Fsp3) is 0.706. The molecule has 19 heavy (non-hydrogen) atoms. The molecular formula is C17H30O2. The van der Waals surface area contributed by atoms with Gasteiger partial charge in [-0.05, 0) is 63.0 Å². The Morgan fingerprint density at radius 3 is 2.11 bits per heavy atom. The molecule has 0 saturated carbocycles. The van der Waals surface area contributed by atoms with Crippen molar-refractivity contribution in [3.05, 3.63) is 24.3 Å². The van der Waals surface area contributed by atoms with Gasteiger partial charge in [0.15, 0.2) is 5.78 Å². The molecule has 0 amide bonds. The molecule has 3 unspecified atom stereocenters. The van der Waals surface area contributed by atoms with Crippen LogP contribution >= 0.6 is 0 Å². The number of rotatable bonds is 9. The molecule has 2 nitrogen and oxygen atoms in total. The summed E-state index contributed by atoms with van der Waals surface area (Å²) in [6, 6.07) is 0. The van der Waals surface area contributed by atoms with E-state index in [4.69, 9.17) is 0 Å².